The topological polar surface area (TPSA) is 85.1 Å². The van der Waals surface area contributed by atoms with Gasteiger partial charge in [0.15, 0.2) is 0 Å². The van der Waals surface area contributed by atoms with Crippen LogP contribution in [0.3, 0.4) is 0 Å². The van der Waals surface area contributed by atoms with E-state index < -0.39 is 10.0 Å². The molecular weight excluding hydrogens is 266 g/mol. The third-order valence-electron chi connectivity index (χ3n) is 2.77. The molecule has 2 rings (SSSR count). The van der Waals surface area contributed by atoms with Crippen LogP contribution in [-0.2, 0) is 16.6 Å². The van der Waals surface area contributed by atoms with Crippen molar-refractivity contribution in [3.05, 3.63) is 41.1 Å². The minimum Gasteiger partial charge on any atom is -0.424 e. The summed E-state index contributed by atoms with van der Waals surface area (Å²) in [5.41, 5.74) is 1.97. The van der Waals surface area contributed by atoms with Crippen LogP contribution in [0, 0.1) is 20.8 Å². The molecule has 0 bridgehead atoms. The highest BCUT2D eigenvalue weighted by atomic mass is 32.2. The van der Waals surface area contributed by atoms with Crippen LogP contribution >= 0.6 is 0 Å². The maximum atomic E-state index is 12.1. The Kier molecular flexibility index (Phi) is 3.68. The number of nitrogens with zero attached hydrogens (tertiary/aromatic N) is 2. The molecule has 19 heavy (non-hydrogen) atoms. The quantitative estimate of drug-likeness (QED) is 0.917. The average molecular weight is 281 g/mol. The third kappa shape index (κ3) is 3.18. The van der Waals surface area contributed by atoms with Crippen LogP contribution in [0.2, 0.25) is 0 Å². The maximum absolute atomic E-state index is 12.1. The molecule has 102 valence electrons. The summed E-state index contributed by atoms with van der Waals surface area (Å²) in [6, 6.07) is 4.99. The Morgan fingerprint density at radius 2 is 1.89 bits per heavy atom. The summed E-state index contributed by atoms with van der Waals surface area (Å²) in [4.78, 5) is 0.229. The Hall–Kier alpha value is -1.73. The molecule has 0 saturated heterocycles. The highest BCUT2D eigenvalue weighted by Crippen LogP contribution is 2.14. The molecule has 0 amide bonds. The number of rotatable bonds is 4. The smallest absolute Gasteiger partial charge is 0.241 e. The second kappa shape index (κ2) is 5.10. The molecule has 0 aliphatic heterocycles. The SMILES string of the molecule is Cc1nnc(CNS(=O)(=O)c2ccc(C)c(C)c2)o1. The summed E-state index contributed by atoms with van der Waals surface area (Å²) in [6.07, 6.45) is 0. The predicted octanol–water partition coefficient (Wildman–Crippen LogP) is 1.47. The van der Waals surface area contributed by atoms with Gasteiger partial charge in [-0.15, -0.1) is 10.2 Å². The summed E-state index contributed by atoms with van der Waals surface area (Å²) in [5.74, 6) is 0.644. The maximum Gasteiger partial charge on any atom is 0.241 e. The summed E-state index contributed by atoms with van der Waals surface area (Å²) in [7, 11) is -3.57. The standard InChI is InChI=1S/C12H15N3O3S/c1-8-4-5-11(6-9(8)2)19(16,17)13-7-12-15-14-10(3)18-12/h4-6,13H,7H2,1-3H3. The number of aromatic nitrogens is 2. The fourth-order valence-electron chi connectivity index (χ4n) is 1.53. The number of aryl methyl sites for hydroxylation is 3. The van der Waals surface area contributed by atoms with Gasteiger partial charge in [0.25, 0.3) is 0 Å². The molecule has 0 atom stereocenters. The zero-order chi connectivity index (χ0) is 14.0. The monoisotopic (exact) mass is 281 g/mol. The summed E-state index contributed by atoms with van der Waals surface area (Å²) in [6.45, 7) is 5.43. The molecule has 1 aromatic carbocycles. The van der Waals surface area contributed by atoms with Gasteiger partial charge >= 0.3 is 0 Å². The van der Waals surface area contributed by atoms with E-state index in [-0.39, 0.29) is 17.3 Å². The van der Waals surface area contributed by atoms with Gasteiger partial charge in [-0.25, -0.2) is 13.1 Å². The number of hydrogen-bond acceptors (Lipinski definition) is 5. The van der Waals surface area contributed by atoms with Crippen LogP contribution in [0.5, 0.6) is 0 Å². The average Bonchev–Trinajstić information content (AvgIpc) is 2.76. The van der Waals surface area contributed by atoms with Crippen molar-refractivity contribution < 1.29 is 12.8 Å². The lowest BCUT2D eigenvalue weighted by Crippen LogP contribution is -2.23. The van der Waals surface area contributed by atoms with E-state index >= 15 is 0 Å². The van der Waals surface area contributed by atoms with Gasteiger partial charge in [0, 0.05) is 6.92 Å². The molecule has 6 nitrogen and oxygen atoms in total. The van der Waals surface area contributed by atoms with Crippen molar-refractivity contribution >= 4 is 10.0 Å². The molecule has 1 aromatic heterocycles. The van der Waals surface area contributed by atoms with Crippen molar-refractivity contribution in [1.29, 1.82) is 0 Å². The molecule has 7 heteroatoms. The number of hydrogen-bond donors (Lipinski definition) is 1. The van der Waals surface area contributed by atoms with Crippen LogP contribution < -0.4 is 4.72 Å². The number of nitrogens with one attached hydrogen (secondary N) is 1. The molecule has 0 radical (unpaired) electrons. The fraction of sp³-hybridized carbons (Fsp3) is 0.333. The lowest BCUT2D eigenvalue weighted by atomic mass is 10.1. The molecule has 0 unspecified atom stereocenters. The van der Waals surface area contributed by atoms with Gasteiger partial charge in [-0.1, -0.05) is 6.07 Å². The van der Waals surface area contributed by atoms with Crippen molar-refractivity contribution in [2.24, 2.45) is 0 Å². The van der Waals surface area contributed by atoms with Gasteiger partial charge in [-0.05, 0) is 37.1 Å². The van der Waals surface area contributed by atoms with E-state index in [0.29, 0.717) is 5.89 Å². The van der Waals surface area contributed by atoms with Gasteiger partial charge in [-0.3, -0.25) is 0 Å². The minimum atomic E-state index is -3.57. The van der Waals surface area contributed by atoms with Crippen molar-refractivity contribution in [1.82, 2.24) is 14.9 Å². The first kappa shape index (κ1) is 13.7. The molecular formula is C12H15N3O3S. The Labute approximate surface area is 111 Å². The molecule has 0 aliphatic rings. The van der Waals surface area contributed by atoms with Gasteiger partial charge in [0.2, 0.25) is 21.8 Å². The Balaban J connectivity index is 2.16. The van der Waals surface area contributed by atoms with Gasteiger partial charge in [0.1, 0.15) is 0 Å². The van der Waals surface area contributed by atoms with E-state index in [4.69, 9.17) is 4.42 Å². The largest absolute Gasteiger partial charge is 0.424 e. The first-order chi connectivity index (χ1) is 8.88. The number of benzene rings is 1. The molecule has 0 spiro atoms. The predicted molar refractivity (Wildman–Crippen MR) is 69.0 cm³/mol. The van der Waals surface area contributed by atoms with Crippen molar-refractivity contribution in [3.8, 4) is 0 Å². The number of sulfonamides is 1. The Morgan fingerprint density at radius 3 is 2.47 bits per heavy atom. The zero-order valence-corrected chi connectivity index (χ0v) is 11.8. The third-order valence-corrected chi connectivity index (χ3v) is 4.17. The van der Waals surface area contributed by atoms with E-state index in [0.717, 1.165) is 11.1 Å². The van der Waals surface area contributed by atoms with E-state index in [1.807, 2.05) is 13.8 Å². The van der Waals surface area contributed by atoms with Crippen molar-refractivity contribution in [3.63, 3.8) is 0 Å². The Morgan fingerprint density at radius 1 is 1.16 bits per heavy atom. The van der Waals surface area contributed by atoms with Crippen LogP contribution in [0.15, 0.2) is 27.5 Å². The lowest BCUT2D eigenvalue weighted by molar-refractivity contribution is 0.460. The lowest BCUT2D eigenvalue weighted by Gasteiger charge is -2.07. The van der Waals surface area contributed by atoms with Crippen molar-refractivity contribution in [2.75, 3.05) is 0 Å². The van der Waals surface area contributed by atoms with Crippen LogP contribution in [0.4, 0.5) is 0 Å². The van der Waals surface area contributed by atoms with Crippen molar-refractivity contribution in [2.45, 2.75) is 32.2 Å². The molecule has 0 fully saturated rings. The minimum absolute atomic E-state index is 0.0178. The van der Waals surface area contributed by atoms with Gasteiger partial charge < -0.3 is 4.42 Å². The highest BCUT2D eigenvalue weighted by Gasteiger charge is 2.15. The molecule has 1 N–H and O–H groups in total. The molecule has 2 aromatic rings. The van der Waals surface area contributed by atoms with Gasteiger partial charge in [0.05, 0.1) is 11.4 Å². The summed E-state index contributed by atoms with van der Waals surface area (Å²) >= 11 is 0. The van der Waals surface area contributed by atoms with Crippen LogP contribution in [0.25, 0.3) is 0 Å². The summed E-state index contributed by atoms with van der Waals surface area (Å²) < 4.78 is 31.7. The normalized spacial score (nSPS) is 11.7. The Bertz CT molecular complexity index is 692. The first-order valence-electron chi connectivity index (χ1n) is 5.74. The zero-order valence-electron chi connectivity index (χ0n) is 11.0. The van der Waals surface area contributed by atoms with Crippen LogP contribution in [-0.4, -0.2) is 18.6 Å². The highest BCUT2D eigenvalue weighted by molar-refractivity contribution is 7.89. The second-order valence-corrected chi connectivity index (χ2v) is 6.05. The first-order valence-corrected chi connectivity index (χ1v) is 7.23. The van der Waals surface area contributed by atoms with E-state index in [1.54, 1.807) is 25.1 Å². The molecule has 0 saturated carbocycles. The van der Waals surface area contributed by atoms with Crippen LogP contribution in [0.1, 0.15) is 22.9 Å². The van der Waals surface area contributed by atoms with E-state index in [9.17, 15) is 8.42 Å². The van der Waals surface area contributed by atoms with Gasteiger partial charge in [-0.2, -0.15) is 0 Å². The molecule has 1 heterocycles. The van der Waals surface area contributed by atoms with E-state index in [2.05, 4.69) is 14.9 Å². The fourth-order valence-corrected chi connectivity index (χ4v) is 2.59. The van der Waals surface area contributed by atoms with E-state index in [1.165, 1.54) is 0 Å². The summed E-state index contributed by atoms with van der Waals surface area (Å²) in [5, 5.41) is 7.36. The second-order valence-electron chi connectivity index (χ2n) is 4.29. The molecule has 0 aliphatic carbocycles.